The van der Waals surface area contributed by atoms with Gasteiger partial charge in [-0.1, -0.05) is 0 Å². The third kappa shape index (κ3) is 4.83. The molecule has 0 aliphatic rings. The first-order valence-corrected chi connectivity index (χ1v) is 8.03. The Balaban J connectivity index is 1.86. The molecule has 0 saturated carbocycles. The minimum absolute atomic E-state index is 0.0949. The number of carboxylic acid groups (broad SMARTS) is 1. The first kappa shape index (κ1) is 19.3. The number of non-ortho nitro benzene ring substituents is 2. The molecule has 3 rings (SSSR count). The van der Waals surface area contributed by atoms with E-state index in [0.717, 1.165) is 0 Å². The minimum Gasteiger partial charge on any atom is -0.545 e. The quantitative estimate of drug-likeness (QED) is 0.437. The normalized spacial score (nSPS) is 10.2. The zero-order valence-corrected chi connectivity index (χ0v) is 14.5. The lowest BCUT2D eigenvalue weighted by atomic mass is 10.2. The van der Waals surface area contributed by atoms with Gasteiger partial charge in [-0.3, -0.25) is 20.2 Å². The Hall–Kier alpha value is -4.47. The van der Waals surface area contributed by atoms with Gasteiger partial charge in [0.1, 0.15) is 23.0 Å². The molecule has 10 nitrogen and oxygen atoms in total. The van der Waals surface area contributed by atoms with Gasteiger partial charge in [0.2, 0.25) is 0 Å². The first-order valence-electron chi connectivity index (χ1n) is 8.03. The lowest BCUT2D eigenvalue weighted by Gasteiger charge is -2.12. The standard InChI is InChI=1S/C19H12N2O8/c22-19(23)12-9-17(28-15-5-1-13(2-6-15)20(24)25)11-18(10-12)29-16-7-3-14(4-8-16)21(26)27/h1-11H,(H,22,23)/p-1. The SMILES string of the molecule is O=C([O-])c1cc(Oc2ccc([N+](=O)[O-])cc2)cc(Oc2ccc([N+](=O)[O-])cc2)c1. The highest BCUT2D eigenvalue weighted by Crippen LogP contribution is 2.31. The molecular weight excluding hydrogens is 384 g/mol. The predicted molar refractivity (Wildman–Crippen MR) is 97.1 cm³/mol. The Morgan fingerprint density at radius 2 is 1.03 bits per heavy atom. The van der Waals surface area contributed by atoms with Crippen LogP contribution in [0.2, 0.25) is 0 Å². The van der Waals surface area contributed by atoms with Crippen LogP contribution in [0.15, 0.2) is 66.7 Å². The van der Waals surface area contributed by atoms with Crippen LogP contribution in [-0.4, -0.2) is 15.8 Å². The molecule has 0 heterocycles. The van der Waals surface area contributed by atoms with Crippen molar-refractivity contribution in [1.82, 2.24) is 0 Å². The summed E-state index contributed by atoms with van der Waals surface area (Å²) in [7, 11) is 0. The highest BCUT2D eigenvalue weighted by Gasteiger charge is 2.10. The van der Waals surface area contributed by atoms with Crippen LogP contribution in [0.1, 0.15) is 10.4 Å². The molecule has 0 amide bonds. The molecular formula is C19H11N2O8-. The fraction of sp³-hybridized carbons (Fsp3) is 0. The maximum Gasteiger partial charge on any atom is 0.269 e. The molecule has 0 bridgehead atoms. The van der Waals surface area contributed by atoms with Crippen LogP contribution in [0.5, 0.6) is 23.0 Å². The van der Waals surface area contributed by atoms with Crippen molar-refractivity contribution in [2.75, 3.05) is 0 Å². The Kier molecular flexibility index (Phi) is 5.35. The number of nitro groups is 2. The number of ether oxygens (including phenoxy) is 2. The van der Waals surface area contributed by atoms with Gasteiger partial charge in [0.05, 0.1) is 15.8 Å². The van der Waals surface area contributed by atoms with E-state index in [1.165, 1.54) is 66.7 Å². The molecule has 0 N–H and O–H groups in total. The number of aromatic carboxylic acids is 1. The van der Waals surface area contributed by atoms with E-state index >= 15 is 0 Å². The molecule has 0 fully saturated rings. The van der Waals surface area contributed by atoms with E-state index in [0.29, 0.717) is 0 Å². The summed E-state index contributed by atoms with van der Waals surface area (Å²) in [4.78, 5) is 31.6. The number of carboxylic acids is 1. The highest BCUT2D eigenvalue weighted by atomic mass is 16.6. The van der Waals surface area contributed by atoms with Gasteiger partial charge in [-0.25, -0.2) is 0 Å². The van der Waals surface area contributed by atoms with Gasteiger partial charge in [-0.15, -0.1) is 0 Å². The predicted octanol–water partition coefficient (Wildman–Crippen LogP) is 3.45. The molecule has 10 heteroatoms. The summed E-state index contributed by atoms with van der Waals surface area (Å²) < 4.78 is 11.1. The maximum absolute atomic E-state index is 11.3. The van der Waals surface area contributed by atoms with Crippen molar-refractivity contribution in [2.24, 2.45) is 0 Å². The number of hydrogen-bond acceptors (Lipinski definition) is 8. The molecule has 146 valence electrons. The van der Waals surface area contributed by atoms with Gasteiger partial charge in [-0.2, -0.15) is 0 Å². The fourth-order valence-electron chi connectivity index (χ4n) is 2.35. The van der Waals surface area contributed by atoms with Crippen molar-refractivity contribution in [3.05, 3.63) is 92.5 Å². The molecule has 3 aromatic rings. The van der Waals surface area contributed by atoms with Gasteiger partial charge in [0.15, 0.2) is 0 Å². The van der Waals surface area contributed by atoms with Gasteiger partial charge < -0.3 is 19.4 Å². The number of hydrogen-bond donors (Lipinski definition) is 0. The molecule has 0 unspecified atom stereocenters. The van der Waals surface area contributed by atoms with Crippen molar-refractivity contribution in [2.45, 2.75) is 0 Å². The number of carbonyl (C=O) groups is 1. The van der Waals surface area contributed by atoms with Crippen molar-refractivity contribution >= 4 is 17.3 Å². The van der Waals surface area contributed by atoms with Crippen LogP contribution in [0.3, 0.4) is 0 Å². The Morgan fingerprint density at radius 3 is 1.34 bits per heavy atom. The van der Waals surface area contributed by atoms with Crippen LogP contribution >= 0.6 is 0 Å². The number of benzene rings is 3. The first-order chi connectivity index (χ1) is 13.8. The second-order valence-electron chi connectivity index (χ2n) is 5.69. The van der Waals surface area contributed by atoms with E-state index in [-0.39, 0.29) is 39.9 Å². The number of rotatable bonds is 7. The lowest BCUT2D eigenvalue weighted by Crippen LogP contribution is -2.22. The van der Waals surface area contributed by atoms with E-state index in [1.54, 1.807) is 0 Å². The smallest absolute Gasteiger partial charge is 0.269 e. The van der Waals surface area contributed by atoms with E-state index in [1.807, 2.05) is 0 Å². The molecule has 0 atom stereocenters. The molecule has 0 spiro atoms. The van der Waals surface area contributed by atoms with Crippen LogP contribution < -0.4 is 14.6 Å². The summed E-state index contributed by atoms with van der Waals surface area (Å²) >= 11 is 0. The van der Waals surface area contributed by atoms with E-state index in [9.17, 15) is 30.1 Å². The topological polar surface area (TPSA) is 145 Å². The molecule has 0 radical (unpaired) electrons. The Labute approximate surface area is 162 Å². The fourth-order valence-corrected chi connectivity index (χ4v) is 2.35. The summed E-state index contributed by atoms with van der Waals surface area (Å²) in [6.45, 7) is 0. The zero-order valence-electron chi connectivity index (χ0n) is 14.5. The van der Waals surface area contributed by atoms with Gasteiger partial charge in [-0.05, 0) is 36.4 Å². The van der Waals surface area contributed by atoms with Crippen LogP contribution in [0.25, 0.3) is 0 Å². The lowest BCUT2D eigenvalue weighted by molar-refractivity contribution is -0.385. The number of nitro benzene ring substituents is 2. The minimum atomic E-state index is -1.47. The monoisotopic (exact) mass is 395 g/mol. The van der Waals surface area contributed by atoms with Crippen LogP contribution in [-0.2, 0) is 0 Å². The highest BCUT2D eigenvalue weighted by molar-refractivity contribution is 5.87. The van der Waals surface area contributed by atoms with Crippen molar-refractivity contribution < 1.29 is 29.2 Å². The Bertz CT molecular complexity index is 1000. The van der Waals surface area contributed by atoms with Gasteiger partial charge in [0, 0.05) is 35.9 Å². The second-order valence-corrected chi connectivity index (χ2v) is 5.69. The summed E-state index contributed by atoms with van der Waals surface area (Å²) in [5, 5.41) is 32.7. The largest absolute Gasteiger partial charge is 0.545 e. The Morgan fingerprint density at radius 1 is 0.655 bits per heavy atom. The second kappa shape index (κ2) is 8.05. The summed E-state index contributed by atoms with van der Waals surface area (Å²) in [6.07, 6.45) is 0. The van der Waals surface area contributed by atoms with Crippen LogP contribution in [0, 0.1) is 20.2 Å². The average Bonchev–Trinajstić information content (AvgIpc) is 2.68. The molecule has 29 heavy (non-hydrogen) atoms. The summed E-state index contributed by atoms with van der Waals surface area (Å²) in [5.74, 6) is -0.789. The van der Waals surface area contributed by atoms with Crippen LogP contribution in [0.4, 0.5) is 11.4 Å². The van der Waals surface area contributed by atoms with Crippen molar-refractivity contribution in [1.29, 1.82) is 0 Å². The number of nitrogens with zero attached hydrogens (tertiary/aromatic N) is 2. The molecule has 0 aliphatic carbocycles. The average molecular weight is 395 g/mol. The van der Waals surface area contributed by atoms with Gasteiger partial charge in [0.25, 0.3) is 11.4 Å². The van der Waals surface area contributed by atoms with Gasteiger partial charge >= 0.3 is 0 Å². The third-order valence-electron chi connectivity index (χ3n) is 3.68. The molecule has 0 saturated heterocycles. The van der Waals surface area contributed by atoms with Crippen molar-refractivity contribution in [3.8, 4) is 23.0 Å². The maximum atomic E-state index is 11.3. The zero-order chi connectivity index (χ0) is 21.0. The van der Waals surface area contributed by atoms with E-state index in [4.69, 9.17) is 9.47 Å². The number of carbonyl (C=O) groups excluding carboxylic acids is 1. The summed E-state index contributed by atoms with van der Waals surface area (Å²) in [6, 6.07) is 14.2. The summed E-state index contributed by atoms with van der Waals surface area (Å²) in [5.41, 5.74) is -0.465. The molecule has 0 aromatic heterocycles. The molecule has 0 aliphatic heterocycles. The third-order valence-corrected chi connectivity index (χ3v) is 3.68. The molecule has 3 aromatic carbocycles. The van der Waals surface area contributed by atoms with E-state index in [2.05, 4.69) is 0 Å². The van der Waals surface area contributed by atoms with Crippen molar-refractivity contribution in [3.63, 3.8) is 0 Å². The van der Waals surface area contributed by atoms with E-state index < -0.39 is 15.8 Å².